The van der Waals surface area contributed by atoms with Gasteiger partial charge >= 0.3 is 0 Å². The Morgan fingerprint density at radius 1 is 1.38 bits per heavy atom. The average Bonchev–Trinajstić information content (AvgIpc) is 3.42. The maximum atomic E-state index is 14.6. The first-order chi connectivity index (χ1) is 15.2. The lowest BCUT2D eigenvalue weighted by atomic mass is 9.97. The minimum Gasteiger partial charge on any atom is -0.387 e. The molecule has 1 amide bonds. The van der Waals surface area contributed by atoms with Crippen LogP contribution in [-0.4, -0.2) is 57.2 Å². The molecule has 0 N–H and O–H groups in total. The number of likely N-dealkylation sites (tertiary alicyclic amines) is 1. The predicted octanol–water partition coefficient (Wildman–Crippen LogP) is 4.45. The summed E-state index contributed by atoms with van der Waals surface area (Å²) in [5, 5.41) is 7.10. The molecule has 0 saturated carbocycles. The van der Waals surface area contributed by atoms with Crippen molar-refractivity contribution in [3.05, 3.63) is 45.7 Å². The van der Waals surface area contributed by atoms with E-state index in [4.69, 9.17) is 21.4 Å². The van der Waals surface area contributed by atoms with Crippen LogP contribution in [0.2, 0.25) is 0 Å². The molecule has 1 saturated heterocycles. The number of thiazole rings is 1. The summed E-state index contributed by atoms with van der Waals surface area (Å²) < 4.78 is 31.0. The van der Waals surface area contributed by atoms with Gasteiger partial charge in [0.15, 0.2) is 6.10 Å². The Bertz CT molecular complexity index is 1160. The van der Waals surface area contributed by atoms with Gasteiger partial charge in [-0.25, -0.2) is 13.6 Å². The minimum atomic E-state index is -2.46. The van der Waals surface area contributed by atoms with Crippen molar-refractivity contribution in [1.82, 2.24) is 9.88 Å². The highest BCUT2D eigenvalue weighted by Gasteiger charge is 2.31. The first kappa shape index (κ1) is 23.1. The molecule has 2 aromatic rings. The first-order valence-electron chi connectivity index (χ1n) is 10.2. The second-order valence-electron chi connectivity index (χ2n) is 8.14. The van der Waals surface area contributed by atoms with Gasteiger partial charge < -0.3 is 9.74 Å². The quantitative estimate of drug-likeness (QED) is 0.570. The van der Waals surface area contributed by atoms with E-state index in [0.717, 1.165) is 23.5 Å². The first-order valence-corrected chi connectivity index (χ1v) is 14.0. The third kappa shape index (κ3) is 5.13. The van der Waals surface area contributed by atoms with Crippen LogP contribution in [0.25, 0.3) is 0 Å². The summed E-state index contributed by atoms with van der Waals surface area (Å²) in [4.78, 5) is 23.9. The van der Waals surface area contributed by atoms with E-state index in [-0.39, 0.29) is 23.3 Å². The number of hydrogen-bond acceptors (Lipinski definition) is 7. The van der Waals surface area contributed by atoms with Crippen LogP contribution in [0.1, 0.15) is 47.5 Å². The molecular weight excluding hydrogens is 475 g/mol. The zero-order chi connectivity index (χ0) is 22.9. The van der Waals surface area contributed by atoms with Crippen LogP contribution in [0.15, 0.2) is 33.1 Å². The number of rotatable bonds is 5. The fourth-order valence-corrected chi connectivity index (χ4v) is 5.71. The highest BCUT2D eigenvalue weighted by molar-refractivity contribution is 7.92. The molecule has 1 aromatic carbocycles. The van der Waals surface area contributed by atoms with Crippen molar-refractivity contribution >= 4 is 50.0 Å². The summed E-state index contributed by atoms with van der Waals surface area (Å²) in [6, 6.07) is 4.51. The fourth-order valence-electron chi connectivity index (χ4n) is 3.91. The molecule has 4 rings (SSSR count). The highest BCUT2D eigenvalue weighted by atomic mass is 35.5. The molecule has 1 aromatic heterocycles. The fraction of sp³-hybridized carbons (Fsp3) is 0.476. The van der Waals surface area contributed by atoms with Crippen LogP contribution in [0.5, 0.6) is 0 Å². The Morgan fingerprint density at radius 3 is 2.81 bits per heavy atom. The molecule has 32 heavy (non-hydrogen) atoms. The molecule has 1 unspecified atom stereocenters. The zero-order valence-corrected chi connectivity index (χ0v) is 20.2. The van der Waals surface area contributed by atoms with Crippen LogP contribution in [0, 0.1) is 5.82 Å². The Kier molecular flexibility index (Phi) is 6.83. The lowest BCUT2D eigenvalue weighted by Gasteiger charge is -2.30. The third-order valence-electron chi connectivity index (χ3n) is 5.47. The predicted molar refractivity (Wildman–Crippen MR) is 125 cm³/mol. The number of aromatic nitrogens is 1. The summed E-state index contributed by atoms with van der Waals surface area (Å²) in [5.41, 5.74) is 1.94. The van der Waals surface area contributed by atoms with Crippen LogP contribution in [0.3, 0.4) is 0 Å². The van der Waals surface area contributed by atoms with Crippen molar-refractivity contribution in [1.29, 1.82) is 0 Å². The number of alkyl halides is 1. The second-order valence-corrected chi connectivity index (χ2v) is 11.8. The van der Waals surface area contributed by atoms with E-state index in [0.29, 0.717) is 30.9 Å². The number of halogens is 2. The molecular formula is C21H24ClFN4O3S2. The van der Waals surface area contributed by atoms with E-state index in [2.05, 4.69) is 9.52 Å². The van der Waals surface area contributed by atoms with E-state index in [1.54, 1.807) is 22.3 Å². The standard InChI is InChI=1S/C21H24ClFN4O3S2/c1-32(2,29)26-15-5-3-4-14(23)20(15)18-10-16(25-30-18)17-12-31-21(24-17)13-6-8-27(9-7-13)19(28)11-22/h3-5,12-13,18H,6-11H2,1-2H3. The zero-order valence-electron chi connectivity index (χ0n) is 17.8. The summed E-state index contributed by atoms with van der Waals surface area (Å²) in [5.74, 6) is -0.202. The van der Waals surface area contributed by atoms with Gasteiger partial charge in [-0.1, -0.05) is 11.2 Å². The molecule has 0 spiro atoms. The van der Waals surface area contributed by atoms with Crippen LogP contribution >= 0.6 is 22.9 Å². The number of oxime groups is 1. The normalized spacial score (nSPS) is 19.6. The maximum Gasteiger partial charge on any atom is 0.237 e. The van der Waals surface area contributed by atoms with Crippen molar-refractivity contribution < 1.29 is 18.2 Å². The summed E-state index contributed by atoms with van der Waals surface area (Å²) in [6.45, 7) is 1.35. The number of piperidine rings is 1. The molecule has 0 bridgehead atoms. The van der Waals surface area contributed by atoms with Gasteiger partial charge in [-0.3, -0.25) is 4.79 Å². The molecule has 2 aliphatic heterocycles. The SMILES string of the molecule is CS(C)(=O)=Nc1cccc(F)c1C1CC(c2csc(C3CCN(C(=O)CCl)CC3)n2)=NO1. The number of amides is 1. The molecule has 0 aliphatic carbocycles. The molecule has 3 heterocycles. The topological polar surface area (TPSA) is 84.2 Å². The number of carbonyl (C=O) groups excluding carboxylic acids is 1. The summed E-state index contributed by atoms with van der Waals surface area (Å²) in [6.07, 6.45) is 4.40. The summed E-state index contributed by atoms with van der Waals surface area (Å²) in [7, 11) is -2.46. The molecule has 7 nitrogen and oxygen atoms in total. The van der Waals surface area contributed by atoms with Gasteiger partial charge in [-0.2, -0.15) is 4.36 Å². The lowest BCUT2D eigenvalue weighted by molar-refractivity contribution is -0.129. The van der Waals surface area contributed by atoms with Crippen LogP contribution in [-0.2, 0) is 19.4 Å². The molecule has 2 aliphatic rings. The molecule has 1 atom stereocenters. The van der Waals surface area contributed by atoms with Crippen molar-refractivity contribution in [2.24, 2.45) is 9.52 Å². The van der Waals surface area contributed by atoms with Gasteiger partial charge in [-0.05, 0) is 25.0 Å². The van der Waals surface area contributed by atoms with E-state index in [1.807, 2.05) is 5.38 Å². The molecule has 0 radical (unpaired) electrons. The van der Waals surface area contributed by atoms with Crippen LogP contribution in [0.4, 0.5) is 10.1 Å². The highest BCUT2D eigenvalue weighted by Crippen LogP contribution is 2.38. The van der Waals surface area contributed by atoms with Crippen molar-refractivity contribution in [2.45, 2.75) is 31.3 Å². The van der Waals surface area contributed by atoms with Gasteiger partial charge in [-0.15, -0.1) is 22.9 Å². The van der Waals surface area contributed by atoms with Gasteiger partial charge in [0.2, 0.25) is 5.91 Å². The third-order valence-corrected chi connectivity index (χ3v) is 7.34. The van der Waals surface area contributed by atoms with E-state index in [1.165, 1.54) is 24.6 Å². The molecule has 11 heteroatoms. The average molecular weight is 499 g/mol. The Balaban J connectivity index is 1.46. The van der Waals surface area contributed by atoms with Crippen molar-refractivity contribution in [3.8, 4) is 0 Å². The number of nitrogens with zero attached hydrogens (tertiary/aromatic N) is 4. The van der Waals surface area contributed by atoms with Gasteiger partial charge in [0.25, 0.3) is 0 Å². The number of benzene rings is 1. The van der Waals surface area contributed by atoms with Crippen molar-refractivity contribution in [3.63, 3.8) is 0 Å². The Labute approximate surface area is 195 Å². The van der Waals surface area contributed by atoms with E-state index < -0.39 is 21.7 Å². The number of carbonyl (C=O) groups is 1. The van der Waals surface area contributed by atoms with E-state index in [9.17, 15) is 13.4 Å². The van der Waals surface area contributed by atoms with E-state index >= 15 is 0 Å². The second kappa shape index (κ2) is 9.44. The lowest BCUT2D eigenvalue weighted by Crippen LogP contribution is -2.38. The number of hydrogen-bond donors (Lipinski definition) is 0. The van der Waals surface area contributed by atoms with Gasteiger partial charge in [0.05, 0.1) is 22.0 Å². The van der Waals surface area contributed by atoms with Crippen molar-refractivity contribution in [2.75, 3.05) is 31.5 Å². The van der Waals surface area contributed by atoms with Gasteiger partial charge in [0, 0.05) is 53.0 Å². The monoisotopic (exact) mass is 498 g/mol. The smallest absolute Gasteiger partial charge is 0.237 e. The Morgan fingerprint density at radius 2 is 2.12 bits per heavy atom. The molecule has 172 valence electrons. The maximum absolute atomic E-state index is 14.6. The largest absolute Gasteiger partial charge is 0.387 e. The molecule has 1 fully saturated rings. The summed E-state index contributed by atoms with van der Waals surface area (Å²) >= 11 is 7.21. The minimum absolute atomic E-state index is 0.0116. The van der Waals surface area contributed by atoms with Crippen LogP contribution < -0.4 is 0 Å². The Hall–Kier alpha value is -2.04. The van der Waals surface area contributed by atoms with Gasteiger partial charge in [0.1, 0.15) is 17.4 Å².